The van der Waals surface area contributed by atoms with Gasteiger partial charge in [0.1, 0.15) is 6.54 Å². The molecule has 0 saturated carbocycles. The average molecular weight is 449 g/mol. The van der Waals surface area contributed by atoms with Crippen LogP contribution in [0.5, 0.6) is 0 Å². The third kappa shape index (κ3) is 3.91. The van der Waals surface area contributed by atoms with Crippen LogP contribution in [0.2, 0.25) is 0 Å². The Morgan fingerprint density at radius 3 is 2.48 bits per heavy atom. The molecule has 0 fully saturated rings. The molecule has 3 aromatic carbocycles. The van der Waals surface area contributed by atoms with Crippen LogP contribution in [0.3, 0.4) is 0 Å². The summed E-state index contributed by atoms with van der Waals surface area (Å²) < 4.78 is 65.7. The standard InChI is InChI=1S/C20H14F3N3O4S/c21-20(22,23)10-24-18(27)11-4-1-2-7-14(11)26-31(29,30)16-9-8-15-17-12(16)5-3-6-13(17)19(28)25-15/h1-9,26H,10H2,(H,24,27)(H,25,28). The maximum Gasteiger partial charge on any atom is 0.405 e. The fourth-order valence-corrected chi connectivity index (χ4v) is 4.63. The molecule has 0 unspecified atom stereocenters. The summed E-state index contributed by atoms with van der Waals surface area (Å²) >= 11 is 0. The van der Waals surface area contributed by atoms with Crippen molar-refractivity contribution in [3.05, 3.63) is 65.7 Å². The molecule has 0 aliphatic carbocycles. The Morgan fingerprint density at radius 1 is 1.00 bits per heavy atom. The maximum absolute atomic E-state index is 13.1. The van der Waals surface area contributed by atoms with E-state index in [1.165, 1.54) is 36.4 Å². The molecule has 31 heavy (non-hydrogen) atoms. The predicted molar refractivity (Wildman–Crippen MR) is 108 cm³/mol. The highest BCUT2D eigenvalue weighted by atomic mass is 32.2. The number of rotatable bonds is 5. The van der Waals surface area contributed by atoms with Crippen LogP contribution in [0.25, 0.3) is 10.8 Å². The van der Waals surface area contributed by atoms with Crippen LogP contribution in [0.1, 0.15) is 20.7 Å². The third-order valence-electron chi connectivity index (χ3n) is 4.65. The number of alkyl halides is 3. The van der Waals surface area contributed by atoms with Gasteiger partial charge in [0, 0.05) is 22.0 Å². The largest absolute Gasteiger partial charge is 0.405 e. The van der Waals surface area contributed by atoms with Gasteiger partial charge in [0.05, 0.1) is 16.1 Å². The van der Waals surface area contributed by atoms with E-state index in [9.17, 15) is 31.2 Å². The van der Waals surface area contributed by atoms with Crippen LogP contribution >= 0.6 is 0 Å². The molecule has 1 aliphatic heterocycles. The highest BCUT2D eigenvalue weighted by molar-refractivity contribution is 7.93. The van der Waals surface area contributed by atoms with Crippen molar-refractivity contribution in [1.29, 1.82) is 0 Å². The number of anilines is 2. The second-order valence-corrected chi connectivity index (χ2v) is 8.39. The minimum absolute atomic E-state index is 0.143. The molecule has 0 saturated heterocycles. The predicted octanol–water partition coefficient (Wildman–Crippen LogP) is 3.50. The molecule has 160 valence electrons. The Bertz CT molecular complexity index is 1340. The average Bonchev–Trinajstić information content (AvgIpc) is 3.03. The molecule has 2 amide bonds. The minimum atomic E-state index is -4.61. The first-order valence-electron chi connectivity index (χ1n) is 8.91. The maximum atomic E-state index is 13.1. The van der Waals surface area contributed by atoms with Gasteiger partial charge in [0.25, 0.3) is 21.8 Å². The third-order valence-corrected chi connectivity index (χ3v) is 6.07. The zero-order chi connectivity index (χ0) is 22.4. The first-order chi connectivity index (χ1) is 14.6. The molecule has 1 aliphatic rings. The summed E-state index contributed by atoms with van der Waals surface area (Å²) in [4.78, 5) is 24.1. The monoisotopic (exact) mass is 449 g/mol. The summed E-state index contributed by atoms with van der Waals surface area (Å²) in [7, 11) is -4.25. The van der Waals surface area contributed by atoms with E-state index in [4.69, 9.17) is 0 Å². The smallest absolute Gasteiger partial charge is 0.343 e. The Morgan fingerprint density at radius 2 is 1.74 bits per heavy atom. The van der Waals surface area contributed by atoms with Crippen LogP contribution in [-0.2, 0) is 10.0 Å². The van der Waals surface area contributed by atoms with Gasteiger partial charge >= 0.3 is 6.18 Å². The van der Waals surface area contributed by atoms with E-state index in [1.807, 2.05) is 0 Å². The first kappa shape index (κ1) is 20.7. The minimum Gasteiger partial charge on any atom is -0.343 e. The van der Waals surface area contributed by atoms with Gasteiger partial charge in [-0.2, -0.15) is 13.2 Å². The van der Waals surface area contributed by atoms with Crippen LogP contribution in [-0.4, -0.2) is 33.0 Å². The summed E-state index contributed by atoms with van der Waals surface area (Å²) in [6.07, 6.45) is -4.61. The number of nitrogens with one attached hydrogen (secondary N) is 3. The summed E-state index contributed by atoms with van der Waals surface area (Å²) in [5.74, 6) is -1.43. The van der Waals surface area contributed by atoms with E-state index < -0.39 is 28.7 Å². The van der Waals surface area contributed by atoms with Gasteiger partial charge in [0.15, 0.2) is 0 Å². The number of halogens is 3. The van der Waals surface area contributed by atoms with E-state index >= 15 is 0 Å². The molecule has 0 radical (unpaired) electrons. The summed E-state index contributed by atoms with van der Waals surface area (Å²) in [6, 6.07) is 12.7. The number of carbonyl (C=O) groups excluding carboxylic acids is 2. The summed E-state index contributed by atoms with van der Waals surface area (Å²) in [5.41, 5.74) is 0.357. The second kappa shape index (κ2) is 7.27. The fraction of sp³-hybridized carbons (Fsp3) is 0.100. The normalized spacial score (nSPS) is 13.2. The van der Waals surface area contributed by atoms with Gasteiger partial charge in [-0.1, -0.05) is 24.3 Å². The number of amides is 2. The molecule has 0 bridgehead atoms. The van der Waals surface area contributed by atoms with Gasteiger partial charge in [-0.15, -0.1) is 0 Å². The van der Waals surface area contributed by atoms with Gasteiger partial charge < -0.3 is 10.6 Å². The Labute approximate surface area is 174 Å². The molecule has 0 spiro atoms. The van der Waals surface area contributed by atoms with Gasteiger partial charge in [-0.25, -0.2) is 8.42 Å². The van der Waals surface area contributed by atoms with Crippen LogP contribution < -0.4 is 15.4 Å². The Balaban J connectivity index is 1.71. The van der Waals surface area contributed by atoms with Crippen LogP contribution in [0.15, 0.2) is 59.5 Å². The zero-order valence-corrected chi connectivity index (χ0v) is 16.4. The van der Waals surface area contributed by atoms with Crippen molar-refractivity contribution in [2.75, 3.05) is 16.6 Å². The van der Waals surface area contributed by atoms with Gasteiger partial charge in [-0.3, -0.25) is 14.3 Å². The quantitative estimate of drug-likeness (QED) is 0.555. The lowest BCUT2D eigenvalue weighted by Gasteiger charge is -2.15. The zero-order valence-electron chi connectivity index (χ0n) is 15.6. The molecule has 0 atom stereocenters. The Hall–Kier alpha value is -3.60. The number of hydrogen-bond acceptors (Lipinski definition) is 4. The lowest BCUT2D eigenvalue weighted by atomic mass is 10.1. The first-order valence-corrected chi connectivity index (χ1v) is 10.4. The van der Waals surface area contributed by atoms with Crippen molar-refractivity contribution in [1.82, 2.24) is 5.32 Å². The van der Waals surface area contributed by atoms with Crippen molar-refractivity contribution in [3.63, 3.8) is 0 Å². The lowest BCUT2D eigenvalue weighted by Crippen LogP contribution is -2.34. The number of sulfonamides is 1. The summed E-state index contributed by atoms with van der Waals surface area (Å²) in [6.45, 7) is -1.55. The van der Waals surface area contributed by atoms with Gasteiger partial charge in [0.2, 0.25) is 0 Å². The number of benzene rings is 3. The van der Waals surface area contributed by atoms with Crippen molar-refractivity contribution in [2.24, 2.45) is 0 Å². The van der Waals surface area contributed by atoms with E-state index in [2.05, 4.69) is 10.0 Å². The molecule has 7 nitrogen and oxygen atoms in total. The van der Waals surface area contributed by atoms with Gasteiger partial charge in [-0.05, 0) is 30.3 Å². The van der Waals surface area contributed by atoms with E-state index in [0.717, 1.165) is 0 Å². The summed E-state index contributed by atoms with van der Waals surface area (Å²) in [5, 5.41) is 5.11. The second-order valence-electron chi connectivity index (χ2n) is 6.74. The number of hydrogen-bond donors (Lipinski definition) is 3. The SMILES string of the molecule is O=C(NCC(F)(F)F)c1ccccc1NS(=O)(=O)c1ccc2c3c(cccc13)C(=O)N2. The van der Waals surface area contributed by atoms with E-state index in [1.54, 1.807) is 23.5 Å². The molecule has 11 heteroatoms. The molecule has 0 aromatic heterocycles. The fourth-order valence-electron chi connectivity index (χ4n) is 3.34. The lowest BCUT2D eigenvalue weighted by molar-refractivity contribution is -0.123. The van der Waals surface area contributed by atoms with Crippen LogP contribution in [0.4, 0.5) is 24.5 Å². The molecular formula is C20H14F3N3O4S. The number of para-hydroxylation sites is 1. The molecule has 3 aromatic rings. The highest BCUT2D eigenvalue weighted by Crippen LogP contribution is 2.37. The molecule has 3 N–H and O–H groups in total. The number of carbonyl (C=O) groups is 2. The van der Waals surface area contributed by atoms with Crippen molar-refractivity contribution >= 4 is 44.0 Å². The molecular weight excluding hydrogens is 435 g/mol. The highest BCUT2D eigenvalue weighted by Gasteiger charge is 2.29. The van der Waals surface area contributed by atoms with E-state index in [0.29, 0.717) is 22.0 Å². The molecule has 4 rings (SSSR count). The van der Waals surface area contributed by atoms with Crippen molar-refractivity contribution in [2.45, 2.75) is 11.1 Å². The topological polar surface area (TPSA) is 104 Å². The van der Waals surface area contributed by atoms with Crippen molar-refractivity contribution in [3.8, 4) is 0 Å². The van der Waals surface area contributed by atoms with E-state index in [-0.39, 0.29) is 22.1 Å². The van der Waals surface area contributed by atoms with Crippen LogP contribution in [0, 0.1) is 0 Å². The van der Waals surface area contributed by atoms with Crippen molar-refractivity contribution < 1.29 is 31.2 Å². The molecule has 1 heterocycles. The Kier molecular flexibility index (Phi) is 4.85.